The van der Waals surface area contributed by atoms with Crippen molar-refractivity contribution in [3.8, 4) is 5.88 Å². The second-order valence-corrected chi connectivity index (χ2v) is 6.70. The largest absolute Gasteiger partial charge is 0.471 e. The highest BCUT2D eigenvalue weighted by molar-refractivity contribution is 9.10. The highest BCUT2D eigenvalue weighted by Crippen LogP contribution is 2.30. The molecule has 0 radical (unpaired) electrons. The molecule has 2 aromatic rings. The quantitative estimate of drug-likeness (QED) is 0.724. The minimum atomic E-state index is -2.96. The third-order valence-corrected chi connectivity index (χ3v) is 4.49. The van der Waals surface area contributed by atoms with Gasteiger partial charge in [-0.15, -0.1) is 0 Å². The molecule has 5 nitrogen and oxygen atoms in total. The van der Waals surface area contributed by atoms with E-state index in [1.54, 1.807) is 4.90 Å². The molecular formula is C17H16BrF2N3O2. The van der Waals surface area contributed by atoms with E-state index in [-0.39, 0.29) is 23.8 Å². The number of halogens is 3. The predicted molar refractivity (Wildman–Crippen MR) is 90.5 cm³/mol. The van der Waals surface area contributed by atoms with Crippen LogP contribution in [0.25, 0.3) is 0 Å². The van der Waals surface area contributed by atoms with Crippen LogP contribution in [0.15, 0.2) is 35.1 Å². The van der Waals surface area contributed by atoms with E-state index in [0.29, 0.717) is 18.8 Å². The van der Waals surface area contributed by atoms with Crippen molar-refractivity contribution in [1.29, 1.82) is 0 Å². The lowest BCUT2D eigenvalue weighted by molar-refractivity contribution is -0.0449. The standard InChI is InChI=1S/C17H16BrF2N3O2/c1-2-17(19,20)9-25-15-14-13(21-10-22-15)8-23(16(14)24)7-11-3-5-12(18)6-4-11/h3-6,10H,2,7-9H2,1H3. The lowest BCUT2D eigenvalue weighted by Gasteiger charge is -2.16. The molecule has 0 N–H and O–H groups in total. The van der Waals surface area contributed by atoms with E-state index in [1.807, 2.05) is 24.3 Å². The Kier molecular flexibility index (Phi) is 4.99. The van der Waals surface area contributed by atoms with Gasteiger partial charge in [-0.1, -0.05) is 35.0 Å². The molecule has 1 aromatic carbocycles. The van der Waals surface area contributed by atoms with Crippen LogP contribution in [0.5, 0.6) is 5.88 Å². The molecule has 0 aliphatic carbocycles. The van der Waals surface area contributed by atoms with Crippen LogP contribution in [0.3, 0.4) is 0 Å². The summed E-state index contributed by atoms with van der Waals surface area (Å²) in [5, 5.41) is 0. The van der Waals surface area contributed by atoms with Gasteiger partial charge in [-0.05, 0) is 17.7 Å². The Hall–Kier alpha value is -2.09. The average Bonchev–Trinajstić information content (AvgIpc) is 2.92. The molecule has 0 fully saturated rings. The number of rotatable bonds is 6. The van der Waals surface area contributed by atoms with Crippen LogP contribution in [0.1, 0.15) is 35.0 Å². The van der Waals surface area contributed by atoms with Crippen LogP contribution in [0.4, 0.5) is 8.78 Å². The van der Waals surface area contributed by atoms with Gasteiger partial charge in [0.05, 0.1) is 12.2 Å². The summed E-state index contributed by atoms with van der Waals surface area (Å²) in [4.78, 5) is 22.2. The van der Waals surface area contributed by atoms with Gasteiger partial charge >= 0.3 is 0 Å². The Balaban J connectivity index is 1.77. The number of fused-ring (bicyclic) bond motifs is 1. The van der Waals surface area contributed by atoms with Gasteiger partial charge in [0.1, 0.15) is 11.9 Å². The lowest BCUT2D eigenvalue weighted by Crippen LogP contribution is -2.26. The summed E-state index contributed by atoms with van der Waals surface area (Å²) in [6.45, 7) is 1.26. The van der Waals surface area contributed by atoms with E-state index in [0.717, 1.165) is 10.0 Å². The van der Waals surface area contributed by atoms with Crippen molar-refractivity contribution in [2.45, 2.75) is 32.4 Å². The molecule has 1 aromatic heterocycles. The van der Waals surface area contributed by atoms with E-state index in [9.17, 15) is 13.6 Å². The van der Waals surface area contributed by atoms with Crippen LogP contribution >= 0.6 is 15.9 Å². The molecule has 1 aliphatic rings. The highest BCUT2D eigenvalue weighted by atomic mass is 79.9. The monoisotopic (exact) mass is 411 g/mol. The summed E-state index contributed by atoms with van der Waals surface area (Å²) in [5.74, 6) is -3.36. The summed E-state index contributed by atoms with van der Waals surface area (Å²) in [5.41, 5.74) is 1.62. The topological polar surface area (TPSA) is 55.3 Å². The number of ether oxygens (including phenoxy) is 1. The van der Waals surface area contributed by atoms with Crippen LogP contribution < -0.4 is 4.74 Å². The van der Waals surface area contributed by atoms with Gasteiger partial charge in [0, 0.05) is 17.4 Å². The molecule has 25 heavy (non-hydrogen) atoms. The van der Waals surface area contributed by atoms with Crippen molar-refractivity contribution >= 4 is 21.8 Å². The number of carbonyl (C=O) groups is 1. The first-order valence-electron chi connectivity index (χ1n) is 7.78. The molecule has 0 saturated carbocycles. The molecule has 0 bridgehead atoms. The Morgan fingerprint density at radius 1 is 1.28 bits per heavy atom. The maximum Gasteiger partial charge on any atom is 0.281 e. The van der Waals surface area contributed by atoms with Gasteiger partial charge in [-0.3, -0.25) is 4.79 Å². The second-order valence-electron chi connectivity index (χ2n) is 5.79. The van der Waals surface area contributed by atoms with E-state index >= 15 is 0 Å². The number of aromatic nitrogens is 2. The molecule has 0 spiro atoms. The Morgan fingerprint density at radius 2 is 2.00 bits per heavy atom. The molecule has 0 saturated heterocycles. The zero-order valence-electron chi connectivity index (χ0n) is 13.5. The fourth-order valence-corrected chi connectivity index (χ4v) is 2.74. The third kappa shape index (κ3) is 3.95. The zero-order chi connectivity index (χ0) is 18.0. The smallest absolute Gasteiger partial charge is 0.281 e. The van der Waals surface area contributed by atoms with Crippen molar-refractivity contribution in [1.82, 2.24) is 14.9 Å². The lowest BCUT2D eigenvalue weighted by atomic mass is 10.2. The summed E-state index contributed by atoms with van der Waals surface area (Å²) in [6, 6.07) is 7.60. The van der Waals surface area contributed by atoms with Crippen molar-refractivity contribution in [3.05, 3.63) is 51.9 Å². The van der Waals surface area contributed by atoms with Crippen molar-refractivity contribution in [2.24, 2.45) is 0 Å². The van der Waals surface area contributed by atoms with Gasteiger partial charge in [-0.25, -0.2) is 18.7 Å². The summed E-state index contributed by atoms with van der Waals surface area (Å²) >= 11 is 3.37. The minimum absolute atomic E-state index is 0.0820. The number of amides is 1. The molecule has 132 valence electrons. The van der Waals surface area contributed by atoms with Crippen molar-refractivity contribution < 1.29 is 18.3 Å². The first-order valence-corrected chi connectivity index (χ1v) is 8.57. The predicted octanol–water partition coefficient (Wildman–Crippen LogP) is 3.82. The van der Waals surface area contributed by atoms with E-state index in [4.69, 9.17) is 4.74 Å². The number of carbonyl (C=O) groups excluding carboxylic acids is 1. The maximum atomic E-state index is 13.4. The van der Waals surface area contributed by atoms with Gasteiger partial charge < -0.3 is 9.64 Å². The fourth-order valence-electron chi connectivity index (χ4n) is 2.47. The molecule has 1 aliphatic heterocycles. The average molecular weight is 412 g/mol. The van der Waals surface area contributed by atoms with Gasteiger partial charge in [0.2, 0.25) is 5.88 Å². The van der Waals surface area contributed by atoms with E-state index < -0.39 is 12.5 Å². The molecule has 0 atom stereocenters. The summed E-state index contributed by atoms with van der Waals surface area (Å²) in [7, 11) is 0. The first-order chi connectivity index (χ1) is 11.9. The fraction of sp³-hybridized carbons (Fsp3) is 0.353. The molecule has 8 heteroatoms. The Labute approximate surface area is 152 Å². The number of alkyl halides is 2. The molecular weight excluding hydrogens is 396 g/mol. The zero-order valence-corrected chi connectivity index (χ0v) is 15.1. The number of nitrogens with zero attached hydrogens (tertiary/aromatic N) is 3. The Bertz CT molecular complexity index is 784. The number of benzene rings is 1. The summed E-state index contributed by atoms with van der Waals surface area (Å²) < 4.78 is 32.9. The molecule has 0 unspecified atom stereocenters. The van der Waals surface area contributed by atoms with Crippen LogP contribution in [0, 0.1) is 0 Å². The van der Waals surface area contributed by atoms with Crippen LogP contribution in [-0.4, -0.2) is 33.3 Å². The molecule has 3 rings (SSSR count). The van der Waals surface area contributed by atoms with E-state index in [1.165, 1.54) is 13.3 Å². The number of hydrogen-bond acceptors (Lipinski definition) is 4. The SMILES string of the molecule is CCC(F)(F)COc1ncnc2c1C(=O)N(Cc1ccc(Br)cc1)C2. The minimum Gasteiger partial charge on any atom is -0.471 e. The molecule has 1 amide bonds. The molecule has 2 heterocycles. The van der Waals surface area contributed by atoms with Crippen molar-refractivity contribution in [3.63, 3.8) is 0 Å². The first kappa shape index (κ1) is 17.7. The highest BCUT2D eigenvalue weighted by Gasteiger charge is 2.34. The van der Waals surface area contributed by atoms with Gasteiger partial charge in [0.25, 0.3) is 11.8 Å². The van der Waals surface area contributed by atoms with Gasteiger partial charge in [0.15, 0.2) is 6.61 Å². The normalized spacial score (nSPS) is 13.9. The van der Waals surface area contributed by atoms with E-state index in [2.05, 4.69) is 25.9 Å². The summed E-state index contributed by atoms with van der Waals surface area (Å²) in [6.07, 6.45) is 0.887. The third-order valence-electron chi connectivity index (χ3n) is 3.96. The second kappa shape index (κ2) is 7.03. The maximum absolute atomic E-state index is 13.4. The van der Waals surface area contributed by atoms with Gasteiger partial charge in [-0.2, -0.15) is 0 Å². The van der Waals surface area contributed by atoms with Crippen molar-refractivity contribution in [2.75, 3.05) is 6.61 Å². The Morgan fingerprint density at radius 3 is 2.68 bits per heavy atom. The van der Waals surface area contributed by atoms with Crippen LogP contribution in [-0.2, 0) is 13.1 Å². The van der Waals surface area contributed by atoms with Crippen LogP contribution in [0.2, 0.25) is 0 Å². The number of hydrogen-bond donors (Lipinski definition) is 0.